The molecule has 3 nitrogen and oxygen atoms in total. The van der Waals surface area contributed by atoms with Crippen molar-refractivity contribution in [1.29, 1.82) is 0 Å². The van der Waals surface area contributed by atoms with Crippen LogP contribution in [0.3, 0.4) is 0 Å². The molecule has 3 heteroatoms. The second-order valence-corrected chi connectivity index (χ2v) is 2.92. The highest BCUT2D eigenvalue weighted by Crippen LogP contribution is 2.45. The summed E-state index contributed by atoms with van der Waals surface area (Å²) in [4.78, 5) is 7.95. The fourth-order valence-electron chi connectivity index (χ4n) is 1.33. The van der Waals surface area contributed by atoms with Gasteiger partial charge in [0.25, 0.3) is 0 Å². The van der Waals surface area contributed by atoms with Gasteiger partial charge in [-0.1, -0.05) is 0 Å². The minimum absolute atomic E-state index is 0.286. The number of aromatic nitrogens is 2. The third-order valence-electron chi connectivity index (χ3n) is 2.14. The monoisotopic (exact) mass is 150 g/mol. The van der Waals surface area contributed by atoms with Crippen LogP contribution in [0.5, 0.6) is 0 Å². The van der Waals surface area contributed by atoms with Crippen molar-refractivity contribution in [1.82, 2.24) is 9.97 Å². The highest BCUT2D eigenvalue weighted by molar-refractivity contribution is 5.15. The summed E-state index contributed by atoms with van der Waals surface area (Å²) in [6.45, 7) is 0.286. The van der Waals surface area contributed by atoms with Crippen LogP contribution >= 0.6 is 0 Å². The summed E-state index contributed by atoms with van der Waals surface area (Å²) < 4.78 is 0. The number of rotatable bonds is 2. The van der Waals surface area contributed by atoms with Crippen LogP contribution in [0.4, 0.5) is 0 Å². The van der Waals surface area contributed by atoms with Crippen molar-refractivity contribution in [3.63, 3.8) is 0 Å². The fraction of sp³-hybridized carbons (Fsp3) is 0.500. The second-order valence-electron chi connectivity index (χ2n) is 2.92. The Morgan fingerprint density at radius 2 is 2.55 bits per heavy atom. The maximum absolute atomic E-state index is 8.79. The van der Waals surface area contributed by atoms with Gasteiger partial charge in [0.15, 0.2) is 0 Å². The zero-order valence-corrected chi connectivity index (χ0v) is 6.14. The van der Waals surface area contributed by atoms with Crippen molar-refractivity contribution in [3.8, 4) is 0 Å². The van der Waals surface area contributed by atoms with Crippen molar-refractivity contribution in [2.45, 2.75) is 12.3 Å². The summed E-state index contributed by atoms with van der Waals surface area (Å²) in [6.07, 6.45) is 4.38. The first kappa shape index (κ1) is 6.73. The molecule has 0 aromatic carbocycles. The maximum atomic E-state index is 8.79. The molecule has 0 bridgehead atoms. The first-order valence-corrected chi connectivity index (χ1v) is 3.78. The van der Waals surface area contributed by atoms with E-state index in [1.165, 1.54) is 0 Å². The van der Waals surface area contributed by atoms with Crippen LogP contribution in [0.1, 0.15) is 18.0 Å². The van der Waals surface area contributed by atoms with Crippen molar-refractivity contribution < 1.29 is 5.11 Å². The predicted octanol–water partition coefficient (Wildman–Crippen LogP) is 0.572. The van der Waals surface area contributed by atoms with Gasteiger partial charge >= 0.3 is 0 Å². The Labute approximate surface area is 65.1 Å². The molecular formula is C8H10N2O. The normalized spacial score (nSPS) is 28.5. The lowest BCUT2D eigenvalue weighted by atomic mass is 10.2. The van der Waals surface area contributed by atoms with E-state index in [4.69, 9.17) is 5.11 Å². The Morgan fingerprint density at radius 3 is 3.09 bits per heavy atom. The summed E-state index contributed by atoms with van der Waals surface area (Å²) in [6, 6.07) is 1.92. The first-order valence-electron chi connectivity index (χ1n) is 3.78. The lowest BCUT2D eigenvalue weighted by molar-refractivity contribution is 0.273. The van der Waals surface area contributed by atoms with Gasteiger partial charge in [-0.05, 0) is 18.4 Å². The quantitative estimate of drug-likeness (QED) is 0.670. The van der Waals surface area contributed by atoms with E-state index in [1.54, 1.807) is 12.5 Å². The lowest BCUT2D eigenvalue weighted by Gasteiger charge is -1.94. The van der Waals surface area contributed by atoms with Gasteiger partial charge in [-0.25, -0.2) is 9.97 Å². The molecule has 0 saturated heterocycles. The fourth-order valence-corrected chi connectivity index (χ4v) is 1.33. The molecule has 0 spiro atoms. The Bertz CT molecular complexity index is 237. The third kappa shape index (κ3) is 1.24. The highest BCUT2D eigenvalue weighted by Gasteiger charge is 2.38. The molecule has 0 amide bonds. The molecule has 1 N–H and O–H groups in total. The van der Waals surface area contributed by atoms with Crippen LogP contribution in [0.25, 0.3) is 0 Å². The van der Waals surface area contributed by atoms with Gasteiger partial charge in [-0.2, -0.15) is 0 Å². The van der Waals surface area contributed by atoms with Crippen molar-refractivity contribution in [2.75, 3.05) is 6.61 Å². The topological polar surface area (TPSA) is 46.0 Å². The second kappa shape index (κ2) is 2.58. The van der Waals surface area contributed by atoms with Crippen LogP contribution < -0.4 is 0 Å². The molecule has 2 atom stereocenters. The minimum atomic E-state index is 0.286. The van der Waals surface area contributed by atoms with E-state index in [-0.39, 0.29) is 6.61 Å². The lowest BCUT2D eigenvalue weighted by Crippen LogP contribution is -1.91. The van der Waals surface area contributed by atoms with Crippen molar-refractivity contribution >= 4 is 0 Å². The maximum Gasteiger partial charge on any atom is 0.115 e. The van der Waals surface area contributed by atoms with Gasteiger partial charge in [-0.15, -0.1) is 0 Å². The molecule has 1 aromatic rings. The van der Waals surface area contributed by atoms with Gasteiger partial charge in [0.2, 0.25) is 0 Å². The third-order valence-corrected chi connectivity index (χ3v) is 2.14. The molecule has 58 valence electrons. The van der Waals surface area contributed by atoms with Gasteiger partial charge in [0, 0.05) is 24.4 Å². The molecule has 1 fully saturated rings. The van der Waals surface area contributed by atoms with Gasteiger partial charge < -0.3 is 5.11 Å². The predicted molar refractivity (Wildman–Crippen MR) is 40.0 cm³/mol. The van der Waals surface area contributed by atoms with E-state index in [9.17, 15) is 0 Å². The summed E-state index contributed by atoms with van der Waals surface area (Å²) in [5, 5.41) is 8.79. The molecule has 1 heterocycles. The molecule has 1 aliphatic carbocycles. The zero-order chi connectivity index (χ0) is 7.68. The Kier molecular flexibility index (Phi) is 1.58. The van der Waals surface area contributed by atoms with E-state index >= 15 is 0 Å². The summed E-state index contributed by atoms with van der Waals surface area (Å²) >= 11 is 0. The molecule has 11 heavy (non-hydrogen) atoms. The largest absolute Gasteiger partial charge is 0.396 e. The first-order chi connectivity index (χ1) is 5.42. The summed E-state index contributed by atoms with van der Waals surface area (Å²) in [5.74, 6) is 0.938. The molecule has 1 aliphatic rings. The SMILES string of the molecule is OCC1CC1c1ccncn1. The van der Waals surface area contributed by atoms with Crippen molar-refractivity contribution in [3.05, 3.63) is 24.3 Å². The van der Waals surface area contributed by atoms with Gasteiger partial charge in [-0.3, -0.25) is 0 Å². The highest BCUT2D eigenvalue weighted by atomic mass is 16.3. The smallest absolute Gasteiger partial charge is 0.115 e. The minimum Gasteiger partial charge on any atom is -0.396 e. The number of aliphatic hydroxyl groups excluding tert-OH is 1. The summed E-state index contributed by atoms with van der Waals surface area (Å²) in [5.41, 5.74) is 1.07. The Hall–Kier alpha value is -0.960. The number of hydrogen-bond acceptors (Lipinski definition) is 3. The van der Waals surface area contributed by atoms with E-state index in [1.807, 2.05) is 6.07 Å². The molecule has 0 aliphatic heterocycles. The standard InChI is InChI=1S/C8H10N2O/c11-4-6-3-7(6)8-1-2-9-5-10-8/h1-2,5-7,11H,3-4H2. The molecule has 2 unspecified atom stereocenters. The number of hydrogen-bond donors (Lipinski definition) is 1. The molecule has 0 radical (unpaired) electrons. The molecule has 2 rings (SSSR count). The van der Waals surface area contributed by atoms with Gasteiger partial charge in [0.05, 0.1) is 0 Å². The van der Waals surface area contributed by atoms with Crippen LogP contribution in [0.15, 0.2) is 18.6 Å². The van der Waals surface area contributed by atoms with E-state index in [0.717, 1.165) is 12.1 Å². The molecule has 1 saturated carbocycles. The van der Waals surface area contributed by atoms with Crippen LogP contribution in [0, 0.1) is 5.92 Å². The zero-order valence-electron chi connectivity index (χ0n) is 6.14. The Morgan fingerprint density at radius 1 is 1.64 bits per heavy atom. The number of nitrogens with zero attached hydrogens (tertiary/aromatic N) is 2. The van der Waals surface area contributed by atoms with Crippen LogP contribution in [-0.2, 0) is 0 Å². The molecular weight excluding hydrogens is 140 g/mol. The van der Waals surface area contributed by atoms with Crippen LogP contribution in [-0.4, -0.2) is 21.7 Å². The Balaban J connectivity index is 2.09. The van der Waals surface area contributed by atoms with Gasteiger partial charge in [0.1, 0.15) is 6.33 Å². The van der Waals surface area contributed by atoms with E-state index in [2.05, 4.69) is 9.97 Å². The number of aliphatic hydroxyl groups is 1. The average Bonchev–Trinajstić information content (AvgIpc) is 2.85. The van der Waals surface area contributed by atoms with Crippen molar-refractivity contribution in [2.24, 2.45) is 5.92 Å². The van der Waals surface area contributed by atoms with E-state index < -0.39 is 0 Å². The molecule has 1 aromatic heterocycles. The van der Waals surface area contributed by atoms with E-state index in [0.29, 0.717) is 11.8 Å². The summed E-state index contributed by atoms with van der Waals surface area (Å²) in [7, 11) is 0. The average molecular weight is 150 g/mol. The van der Waals surface area contributed by atoms with Crippen LogP contribution in [0.2, 0.25) is 0 Å².